The molecule has 4 fully saturated rings. The van der Waals surface area contributed by atoms with Crippen LogP contribution in [0.3, 0.4) is 0 Å². The van der Waals surface area contributed by atoms with E-state index in [9.17, 15) is 14.7 Å². The van der Waals surface area contributed by atoms with Gasteiger partial charge in [0.15, 0.2) is 5.12 Å². The minimum atomic E-state index is -0.334. The number of hydrogen-bond acceptors (Lipinski definition) is 5. The third kappa shape index (κ3) is 2.75. The van der Waals surface area contributed by atoms with E-state index in [1.807, 2.05) is 0 Å². The predicted octanol–water partition coefficient (Wildman–Crippen LogP) is 4.64. The van der Waals surface area contributed by atoms with E-state index in [4.69, 9.17) is 4.74 Å². The van der Waals surface area contributed by atoms with Crippen molar-refractivity contribution in [1.82, 2.24) is 0 Å². The van der Waals surface area contributed by atoms with Crippen molar-refractivity contribution in [3.05, 3.63) is 11.6 Å². The Morgan fingerprint density at radius 2 is 1.90 bits per heavy atom. The fraction of sp³-hybridized carbons (Fsp3) is 0.833. The van der Waals surface area contributed by atoms with Crippen LogP contribution >= 0.6 is 11.8 Å². The molecule has 160 valence electrons. The fourth-order valence-corrected chi connectivity index (χ4v) is 9.50. The van der Waals surface area contributed by atoms with Crippen molar-refractivity contribution in [3.63, 3.8) is 0 Å². The zero-order valence-corrected chi connectivity index (χ0v) is 18.7. The number of allylic oxidation sites excluding steroid dienone is 1. The smallest absolute Gasteiger partial charge is 0.306 e. The second-order valence-corrected chi connectivity index (χ2v) is 12.2. The third-order valence-electron chi connectivity index (χ3n) is 9.74. The quantitative estimate of drug-likeness (QED) is 0.496. The van der Waals surface area contributed by atoms with E-state index in [0.717, 1.165) is 51.4 Å². The Morgan fingerprint density at radius 3 is 2.59 bits per heavy atom. The molecule has 5 aliphatic rings. The SMILES string of the molecule is CC(=O)SC1CC2=CC(O)CC[C@]2(C)C2CC[C@@]3(C)C(CC[C@@]34CCC(=O)O4)C12. The first-order valence-electron chi connectivity index (χ1n) is 11.5. The predicted molar refractivity (Wildman–Crippen MR) is 113 cm³/mol. The van der Waals surface area contributed by atoms with Crippen molar-refractivity contribution < 1.29 is 19.4 Å². The zero-order valence-electron chi connectivity index (χ0n) is 17.9. The summed E-state index contributed by atoms with van der Waals surface area (Å²) in [4.78, 5) is 24.3. The number of aliphatic hydroxyl groups excluding tert-OH is 1. The van der Waals surface area contributed by atoms with Gasteiger partial charge in [-0.2, -0.15) is 0 Å². The first-order valence-corrected chi connectivity index (χ1v) is 12.3. The maximum atomic E-state index is 12.2. The molecule has 0 aromatic carbocycles. The number of aliphatic hydroxyl groups is 1. The van der Waals surface area contributed by atoms with Crippen LogP contribution in [0.4, 0.5) is 0 Å². The van der Waals surface area contributed by atoms with Gasteiger partial charge in [0.1, 0.15) is 5.60 Å². The molecule has 0 radical (unpaired) electrons. The van der Waals surface area contributed by atoms with Crippen molar-refractivity contribution in [3.8, 4) is 0 Å². The number of carbonyl (C=O) groups excluding carboxylic acids is 2. The van der Waals surface area contributed by atoms with Gasteiger partial charge in [0.2, 0.25) is 0 Å². The first-order chi connectivity index (χ1) is 13.7. The summed E-state index contributed by atoms with van der Waals surface area (Å²) in [6, 6.07) is 0. The van der Waals surface area contributed by atoms with Crippen LogP contribution in [0.2, 0.25) is 0 Å². The molecule has 0 bridgehead atoms. The highest BCUT2D eigenvalue weighted by Crippen LogP contribution is 2.70. The number of ether oxygens (including phenoxy) is 1. The van der Waals surface area contributed by atoms with Gasteiger partial charge in [-0.3, -0.25) is 9.59 Å². The molecule has 3 saturated carbocycles. The molecule has 5 rings (SSSR count). The number of thioether (sulfide) groups is 1. The average molecular weight is 419 g/mol. The van der Waals surface area contributed by atoms with Crippen LogP contribution in [0, 0.1) is 28.6 Å². The fourth-order valence-electron chi connectivity index (χ4n) is 8.28. The maximum absolute atomic E-state index is 12.2. The van der Waals surface area contributed by atoms with Gasteiger partial charge < -0.3 is 9.84 Å². The van der Waals surface area contributed by atoms with Gasteiger partial charge in [0.05, 0.1) is 6.10 Å². The molecule has 1 saturated heterocycles. The molecule has 0 aromatic heterocycles. The summed E-state index contributed by atoms with van der Waals surface area (Å²) < 4.78 is 6.07. The summed E-state index contributed by atoms with van der Waals surface area (Å²) in [5, 5.41) is 10.8. The van der Waals surface area contributed by atoms with Gasteiger partial charge in [0, 0.05) is 24.0 Å². The van der Waals surface area contributed by atoms with E-state index in [2.05, 4.69) is 19.9 Å². The van der Waals surface area contributed by atoms with E-state index in [1.165, 1.54) is 17.3 Å². The van der Waals surface area contributed by atoms with Crippen LogP contribution in [-0.4, -0.2) is 33.1 Å². The van der Waals surface area contributed by atoms with E-state index >= 15 is 0 Å². The number of rotatable bonds is 1. The second kappa shape index (κ2) is 6.59. The normalized spacial score (nSPS) is 51.1. The molecular weight excluding hydrogens is 384 g/mol. The standard InChI is InChI=1S/C24H34O4S/c1-14(25)29-19-13-15-12-16(26)4-8-22(15,2)17-5-9-23(3)18(21(17)19)6-10-24(23)11-7-20(27)28-24/h12,16-19,21,26H,4-11,13H2,1-3H3/t16?,17?,18?,19?,21?,22-,23-,24+/m0/s1. The Bertz CT molecular complexity index is 777. The first kappa shape index (κ1) is 20.1. The lowest BCUT2D eigenvalue weighted by atomic mass is 9.46. The Labute approximate surface area is 178 Å². The summed E-state index contributed by atoms with van der Waals surface area (Å²) >= 11 is 1.53. The molecule has 1 spiro atoms. The van der Waals surface area contributed by atoms with Crippen molar-refractivity contribution in [2.45, 2.75) is 95.5 Å². The van der Waals surface area contributed by atoms with Gasteiger partial charge in [-0.15, -0.1) is 0 Å². The van der Waals surface area contributed by atoms with Crippen LogP contribution in [0.15, 0.2) is 11.6 Å². The van der Waals surface area contributed by atoms with Gasteiger partial charge in [-0.1, -0.05) is 37.3 Å². The second-order valence-electron chi connectivity index (χ2n) is 10.8. The lowest BCUT2D eigenvalue weighted by Gasteiger charge is -2.61. The molecule has 4 aliphatic carbocycles. The molecule has 0 aromatic rings. The third-order valence-corrected chi connectivity index (χ3v) is 10.9. The zero-order chi connectivity index (χ0) is 20.6. The Balaban J connectivity index is 1.55. The Hall–Kier alpha value is -0.810. The van der Waals surface area contributed by atoms with Crippen LogP contribution < -0.4 is 0 Å². The number of hydrogen-bond donors (Lipinski definition) is 1. The maximum Gasteiger partial charge on any atom is 0.306 e. The number of fused-ring (bicyclic) bond motifs is 6. The molecule has 1 aliphatic heterocycles. The van der Waals surface area contributed by atoms with E-state index in [-0.39, 0.29) is 38.9 Å². The summed E-state index contributed by atoms with van der Waals surface area (Å²) in [7, 11) is 0. The monoisotopic (exact) mass is 418 g/mol. The minimum Gasteiger partial charge on any atom is -0.458 e. The lowest BCUT2D eigenvalue weighted by molar-refractivity contribution is -0.167. The molecule has 29 heavy (non-hydrogen) atoms. The summed E-state index contributed by atoms with van der Waals surface area (Å²) in [5.74, 6) is 1.52. The average Bonchev–Trinajstić information content (AvgIpc) is 3.17. The van der Waals surface area contributed by atoms with Crippen molar-refractivity contribution in [2.24, 2.45) is 28.6 Å². The van der Waals surface area contributed by atoms with Crippen LogP contribution in [-0.2, 0) is 14.3 Å². The van der Waals surface area contributed by atoms with Crippen LogP contribution in [0.25, 0.3) is 0 Å². The Morgan fingerprint density at radius 1 is 1.14 bits per heavy atom. The number of carbonyl (C=O) groups is 2. The molecular formula is C24H34O4S. The summed E-state index contributed by atoms with van der Waals surface area (Å²) in [6.45, 7) is 6.49. The molecule has 5 unspecified atom stereocenters. The van der Waals surface area contributed by atoms with E-state index < -0.39 is 0 Å². The van der Waals surface area contributed by atoms with Crippen LogP contribution in [0.1, 0.15) is 78.6 Å². The topological polar surface area (TPSA) is 63.6 Å². The summed E-state index contributed by atoms with van der Waals surface area (Å²) in [6.07, 6.45) is 10.3. The molecule has 8 atom stereocenters. The highest BCUT2D eigenvalue weighted by atomic mass is 32.2. The highest BCUT2D eigenvalue weighted by molar-refractivity contribution is 8.14. The van der Waals surface area contributed by atoms with Crippen LogP contribution in [0.5, 0.6) is 0 Å². The molecule has 4 nitrogen and oxygen atoms in total. The van der Waals surface area contributed by atoms with Gasteiger partial charge >= 0.3 is 5.97 Å². The molecule has 1 heterocycles. The Kier molecular flexibility index (Phi) is 4.57. The van der Waals surface area contributed by atoms with Crippen molar-refractivity contribution in [1.29, 1.82) is 0 Å². The van der Waals surface area contributed by atoms with E-state index in [0.29, 0.717) is 24.2 Å². The largest absolute Gasteiger partial charge is 0.458 e. The van der Waals surface area contributed by atoms with Gasteiger partial charge in [-0.25, -0.2) is 0 Å². The van der Waals surface area contributed by atoms with Crippen molar-refractivity contribution in [2.75, 3.05) is 0 Å². The summed E-state index contributed by atoms with van der Waals surface area (Å²) in [5.41, 5.74) is 1.29. The lowest BCUT2D eigenvalue weighted by Crippen LogP contribution is -2.57. The van der Waals surface area contributed by atoms with Gasteiger partial charge in [0.25, 0.3) is 0 Å². The molecule has 5 heteroatoms. The van der Waals surface area contributed by atoms with Gasteiger partial charge in [-0.05, 0) is 74.5 Å². The number of esters is 1. The van der Waals surface area contributed by atoms with E-state index in [1.54, 1.807) is 6.92 Å². The minimum absolute atomic E-state index is 0.0225. The van der Waals surface area contributed by atoms with Crippen molar-refractivity contribution >= 4 is 22.8 Å². The molecule has 1 N–H and O–H groups in total. The molecule has 0 amide bonds. The highest BCUT2D eigenvalue weighted by Gasteiger charge is 2.68.